The molecule has 2 N–H and O–H groups in total. The van der Waals surface area contributed by atoms with Gasteiger partial charge in [-0.2, -0.15) is 4.98 Å². The number of carbonyl (C=O) groups is 1. The lowest BCUT2D eigenvalue weighted by molar-refractivity contribution is -0.126. The highest BCUT2D eigenvalue weighted by Gasteiger charge is 2.30. The van der Waals surface area contributed by atoms with Crippen molar-refractivity contribution in [3.05, 3.63) is 81.8 Å². The zero-order valence-electron chi connectivity index (χ0n) is 23.4. The van der Waals surface area contributed by atoms with Crippen LogP contribution in [0.1, 0.15) is 37.9 Å². The van der Waals surface area contributed by atoms with Crippen LogP contribution in [0.15, 0.2) is 54.0 Å². The van der Waals surface area contributed by atoms with Gasteiger partial charge in [-0.1, -0.05) is 38.1 Å². The van der Waals surface area contributed by atoms with Gasteiger partial charge in [0.05, 0.1) is 33.0 Å². The van der Waals surface area contributed by atoms with Crippen molar-refractivity contribution >= 4 is 40.0 Å². The summed E-state index contributed by atoms with van der Waals surface area (Å²) in [4.78, 5) is 43.8. The number of halogens is 2. The van der Waals surface area contributed by atoms with Gasteiger partial charge in [-0.3, -0.25) is 9.78 Å². The van der Waals surface area contributed by atoms with Gasteiger partial charge in [0, 0.05) is 37.6 Å². The Hall–Kier alpha value is -4.31. The number of aryl methyl sites for hydroxylation is 1. The number of benzene rings is 1. The Balaban J connectivity index is 1.83. The maximum Gasteiger partial charge on any atom is 0.355 e. The molecular formula is C30H31ClFN7O2. The number of aromatic nitrogens is 4. The summed E-state index contributed by atoms with van der Waals surface area (Å²) in [7, 11) is 0. The number of hydrogen-bond acceptors (Lipinski definition) is 7. The van der Waals surface area contributed by atoms with Gasteiger partial charge in [0.1, 0.15) is 11.6 Å². The summed E-state index contributed by atoms with van der Waals surface area (Å²) < 4.78 is 16.5. The lowest BCUT2D eigenvalue weighted by Crippen LogP contribution is -2.54. The second-order valence-electron chi connectivity index (χ2n) is 10.5. The average molecular weight is 576 g/mol. The molecule has 9 nitrogen and oxygen atoms in total. The van der Waals surface area contributed by atoms with Crippen molar-refractivity contribution in [1.29, 1.82) is 0 Å². The molecule has 4 heterocycles. The summed E-state index contributed by atoms with van der Waals surface area (Å²) in [6.07, 6.45) is 2.99. The van der Waals surface area contributed by atoms with E-state index in [2.05, 4.69) is 16.5 Å². The van der Waals surface area contributed by atoms with Crippen LogP contribution in [0, 0.1) is 12.7 Å². The minimum absolute atomic E-state index is 0.0176. The minimum Gasteiger partial charge on any atom is -0.398 e. The van der Waals surface area contributed by atoms with Crippen molar-refractivity contribution in [3.8, 4) is 16.9 Å². The highest BCUT2D eigenvalue weighted by molar-refractivity contribution is 6.34. The van der Waals surface area contributed by atoms with E-state index in [9.17, 15) is 9.59 Å². The highest BCUT2D eigenvalue weighted by Crippen LogP contribution is 2.38. The number of nitrogens with two attached hydrogens (primary N) is 1. The van der Waals surface area contributed by atoms with E-state index < -0.39 is 11.5 Å². The third-order valence-corrected chi connectivity index (χ3v) is 7.68. The van der Waals surface area contributed by atoms with E-state index >= 15 is 4.39 Å². The van der Waals surface area contributed by atoms with Crippen molar-refractivity contribution in [3.63, 3.8) is 0 Å². The van der Waals surface area contributed by atoms with E-state index in [1.807, 2.05) is 38.7 Å². The Morgan fingerprint density at radius 2 is 2.00 bits per heavy atom. The Labute approximate surface area is 242 Å². The smallest absolute Gasteiger partial charge is 0.355 e. The SMILES string of the molecule is C=CC(=O)N1CCN(c2nc(=O)n(-c3c(C)ccnc3C(C)C)c3nc(-c4c(N)cccc4F)c(Cl)cc23)C(C)C1. The molecule has 5 rings (SSSR count). The molecular weight excluding hydrogens is 545 g/mol. The number of carbonyl (C=O) groups excluding carboxylic acids is 1. The molecule has 1 atom stereocenters. The number of fused-ring (bicyclic) bond motifs is 1. The Bertz CT molecular complexity index is 1730. The van der Waals surface area contributed by atoms with Gasteiger partial charge in [0.15, 0.2) is 5.65 Å². The van der Waals surface area contributed by atoms with E-state index in [0.29, 0.717) is 42.2 Å². The van der Waals surface area contributed by atoms with Crippen molar-refractivity contribution in [1.82, 2.24) is 24.4 Å². The number of pyridine rings is 2. The molecule has 1 aliphatic heterocycles. The first-order valence-electron chi connectivity index (χ1n) is 13.3. The minimum atomic E-state index is -0.584. The van der Waals surface area contributed by atoms with E-state index in [-0.39, 0.29) is 45.5 Å². The number of amides is 1. The topological polar surface area (TPSA) is 110 Å². The molecule has 0 bridgehead atoms. The van der Waals surface area contributed by atoms with Gasteiger partial charge in [0.25, 0.3) is 0 Å². The average Bonchev–Trinajstić information content (AvgIpc) is 2.93. The lowest BCUT2D eigenvalue weighted by atomic mass is 10.0. The number of anilines is 2. The van der Waals surface area contributed by atoms with E-state index in [1.165, 1.54) is 22.8 Å². The molecule has 4 aromatic rings. The molecule has 212 valence electrons. The highest BCUT2D eigenvalue weighted by atomic mass is 35.5. The fourth-order valence-corrected chi connectivity index (χ4v) is 5.62. The number of nitrogen functional groups attached to an aromatic ring is 1. The summed E-state index contributed by atoms with van der Waals surface area (Å²) in [5.74, 6) is -0.376. The fourth-order valence-electron chi connectivity index (χ4n) is 5.38. The van der Waals surface area contributed by atoms with E-state index in [4.69, 9.17) is 22.3 Å². The Morgan fingerprint density at radius 3 is 2.66 bits per heavy atom. The standard InChI is InChI=1S/C30H31ClFN7O2/c1-6-23(40)37-12-13-38(18(5)15-37)28-19-14-20(31)26(24-21(32)8-7-9-22(24)33)35-29(19)39(30(41)36-28)27-17(4)10-11-34-25(27)16(2)3/h6-11,14,16,18H,1,12-13,15,33H2,2-5H3. The lowest BCUT2D eigenvalue weighted by Gasteiger charge is -2.40. The molecule has 0 saturated carbocycles. The van der Waals surface area contributed by atoms with E-state index in [0.717, 1.165) is 5.56 Å². The maximum absolute atomic E-state index is 15.1. The third-order valence-electron chi connectivity index (χ3n) is 7.39. The van der Waals surface area contributed by atoms with Crippen LogP contribution in [0.3, 0.4) is 0 Å². The first-order chi connectivity index (χ1) is 19.5. The summed E-state index contributed by atoms with van der Waals surface area (Å²) in [5, 5.41) is 0.657. The molecule has 1 amide bonds. The van der Waals surface area contributed by atoms with Crippen LogP contribution in [0.5, 0.6) is 0 Å². The van der Waals surface area contributed by atoms with Crippen molar-refractivity contribution in [2.75, 3.05) is 30.3 Å². The predicted molar refractivity (Wildman–Crippen MR) is 160 cm³/mol. The molecule has 1 unspecified atom stereocenters. The van der Waals surface area contributed by atoms with Crippen molar-refractivity contribution in [2.24, 2.45) is 0 Å². The first kappa shape index (κ1) is 28.2. The molecule has 0 aliphatic carbocycles. The second kappa shape index (κ2) is 10.9. The van der Waals surface area contributed by atoms with Gasteiger partial charge >= 0.3 is 5.69 Å². The van der Waals surface area contributed by atoms with Crippen molar-refractivity contribution in [2.45, 2.75) is 39.7 Å². The van der Waals surface area contributed by atoms with Gasteiger partial charge in [-0.25, -0.2) is 18.7 Å². The second-order valence-corrected chi connectivity index (χ2v) is 10.9. The molecule has 1 aromatic carbocycles. The molecule has 3 aromatic heterocycles. The van der Waals surface area contributed by atoms with E-state index in [1.54, 1.807) is 23.2 Å². The molecule has 1 saturated heterocycles. The van der Waals surface area contributed by atoms with Gasteiger partial charge in [-0.05, 0) is 55.7 Å². The van der Waals surface area contributed by atoms with Gasteiger partial charge < -0.3 is 15.5 Å². The summed E-state index contributed by atoms with van der Waals surface area (Å²) >= 11 is 6.77. The summed E-state index contributed by atoms with van der Waals surface area (Å²) in [5.41, 5.74) is 8.24. The first-order valence-corrected chi connectivity index (χ1v) is 13.7. The molecule has 41 heavy (non-hydrogen) atoms. The van der Waals surface area contributed by atoms with Crippen LogP contribution in [0.4, 0.5) is 15.9 Å². The predicted octanol–water partition coefficient (Wildman–Crippen LogP) is 4.87. The van der Waals surface area contributed by atoms with Crippen molar-refractivity contribution < 1.29 is 9.18 Å². The third kappa shape index (κ3) is 4.93. The van der Waals surface area contributed by atoms with Crippen LogP contribution in [0.25, 0.3) is 28.0 Å². The molecule has 1 aliphatic rings. The summed E-state index contributed by atoms with van der Waals surface area (Å²) in [6, 6.07) is 7.65. The van der Waals surface area contributed by atoms with Crippen LogP contribution in [0.2, 0.25) is 5.02 Å². The molecule has 0 spiro atoms. The normalized spacial score (nSPS) is 15.5. The molecule has 0 radical (unpaired) electrons. The molecule has 11 heteroatoms. The number of hydrogen-bond donors (Lipinski definition) is 1. The zero-order valence-corrected chi connectivity index (χ0v) is 24.1. The number of piperazine rings is 1. The number of nitrogens with zero attached hydrogens (tertiary/aromatic N) is 6. The maximum atomic E-state index is 15.1. The monoisotopic (exact) mass is 575 g/mol. The fraction of sp³-hybridized carbons (Fsp3) is 0.300. The molecule has 1 fully saturated rings. The Kier molecular flexibility index (Phi) is 7.52. The number of rotatable bonds is 5. The van der Waals surface area contributed by atoms with Crippen LogP contribution in [-0.2, 0) is 4.79 Å². The quantitative estimate of drug-likeness (QED) is 0.267. The van der Waals surface area contributed by atoms with Gasteiger partial charge in [-0.15, -0.1) is 0 Å². The zero-order chi connectivity index (χ0) is 29.6. The van der Waals surface area contributed by atoms with Crippen LogP contribution < -0.4 is 16.3 Å². The Morgan fingerprint density at radius 1 is 1.24 bits per heavy atom. The van der Waals surface area contributed by atoms with Gasteiger partial charge in [0.2, 0.25) is 5.91 Å². The van der Waals surface area contributed by atoms with Crippen LogP contribution in [-0.4, -0.2) is 56.0 Å². The summed E-state index contributed by atoms with van der Waals surface area (Å²) in [6.45, 7) is 12.7. The van der Waals surface area contributed by atoms with Crippen LogP contribution >= 0.6 is 11.6 Å². The largest absolute Gasteiger partial charge is 0.398 e.